The predicted molar refractivity (Wildman–Crippen MR) is 92.6 cm³/mol. The van der Waals surface area contributed by atoms with E-state index in [1.807, 2.05) is 12.4 Å². The summed E-state index contributed by atoms with van der Waals surface area (Å²) in [6.45, 7) is 13.1. The Kier molecular flexibility index (Phi) is 7.28. The maximum atomic E-state index is 3.94. The lowest BCUT2D eigenvalue weighted by molar-refractivity contribution is 0.584. The smallest absolute Gasteiger partial charge is 0.115 e. The molecular formula is C19H30N2. The van der Waals surface area contributed by atoms with E-state index in [4.69, 9.17) is 0 Å². The van der Waals surface area contributed by atoms with Crippen LogP contribution in [0.4, 0.5) is 0 Å². The van der Waals surface area contributed by atoms with E-state index >= 15 is 0 Å². The topological polar surface area (TPSA) is 25.8 Å². The van der Waals surface area contributed by atoms with Crippen molar-refractivity contribution in [3.63, 3.8) is 0 Å². The Bertz CT molecular complexity index is 441. The van der Waals surface area contributed by atoms with Gasteiger partial charge in [0.25, 0.3) is 0 Å². The molecule has 0 amide bonds. The Labute approximate surface area is 130 Å². The summed E-state index contributed by atoms with van der Waals surface area (Å²) >= 11 is 0. The summed E-state index contributed by atoms with van der Waals surface area (Å²) in [4.78, 5) is 7.88. The average Bonchev–Trinajstić information content (AvgIpc) is 2.40. The van der Waals surface area contributed by atoms with Gasteiger partial charge in [0.1, 0.15) is 6.33 Å². The highest BCUT2D eigenvalue weighted by molar-refractivity contribution is 5.22. The molecule has 0 unspecified atom stereocenters. The minimum absolute atomic E-state index is 0. The van der Waals surface area contributed by atoms with E-state index in [9.17, 15) is 0 Å². The van der Waals surface area contributed by atoms with Crippen molar-refractivity contribution in [3.05, 3.63) is 60.2 Å². The molecule has 0 atom stereocenters. The fraction of sp³-hybridized carbons (Fsp3) is 0.474. The summed E-state index contributed by atoms with van der Waals surface area (Å²) in [5, 5.41) is 0. The number of rotatable bonds is 0. The van der Waals surface area contributed by atoms with Crippen molar-refractivity contribution < 1.29 is 0 Å². The second kappa shape index (κ2) is 7.92. The van der Waals surface area contributed by atoms with Gasteiger partial charge in [-0.3, -0.25) is 0 Å². The molecule has 1 aromatic carbocycles. The lowest BCUT2D eigenvalue weighted by Crippen LogP contribution is -2.11. The van der Waals surface area contributed by atoms with Gasteiger partial charge in [0, 0.05) is 12.4 Å². The predicted octanol–water partition coefficient (Wildman–Crippen LogP) is 5.39. The van der Waals surface area contributed by atoms with Gasteiger partial charge in [0.05, 0.1) is 0 Å². The van der Waals surface area contributed by atoms with Gasteiger partial charge in [0.15, 0.2) is 0 Å². The fourth-order valence-electron chi connectivity index (χ4n) is 1.62. The summed E-state index contributed by atoms with van der Waals surface area (Å²) in [5.41, 5.74) is 3.03. The number of hydrogen-bond donors (Lipinski definition) is 0. The minimum atomic E-state index is 0. The summed E-state index contributed by atoms with van der Waals surface area (Å²) < 4.78 is 0. The molecule has 2 rings (SSSR count). The first-order valence-electron chi connectivity index (χ1n) is 7.02. The van der Waals surface area contributed by atoms with Crippen molar-refractivity contribution in [1.82, 2.24) is 9.97 Å². The molecule has 0 bridgehead atoms. The number of benzene rings is 1. The first-order valence-corrected chi connectivity index (χ1v) is 7.02. The molecule has 21 heavy (non-hydrogen) atoms. The maximum absolute atomic E-state index is 3.94. The number of nitrogens with zero attached hydrogens (tertiary/aromatic N) is 2. The molecule has 0 saturated heterocycles. The molecule has 1 aromatic heterocycles. The zero-order valence-electron chi connectivity index (χ0n) is 13.5. The van der Waals surface area contributed by atoms with E-state index in [-0.39, 0.29) is 12.8 Å². The Morgan fingerprint density at radius 3 is 1.38 bits per heavy atom. The molecule has 0 spiro atoms. The summed E-state index contributed by atoms with van der Waals surface area (Å²) in [6.07, 6.45) is 5.26. The molecule has 1 heterocycles. The molecule has 2 aromatic rings. The average molecular weight is 286 g/mol. The van der Waals surface area contributed by atoms with Gasteiger partial charge in [0.2, 0.25) is 0 Å². The SMILES string of the molecule is C.CC(C)(C)c1ccccc1.CC(C)(C)c1cncnc1. The van der Waals surface area contributed by atoms with Gasteiger partial charge in [-0.1, -0.05) is 79.3 Å². The maximum Gasteiger partial charge on any atom is 0.115 e. The third-order valence-corrected chi connectivity index (χ3v) is 3.07. The van der Waals surface area contributed by atoms with Crippen LogP contribution in [0.1, 0.15) is 60.1 Å². The van der Waals surface area contributed by atoms with Crippen LogP contribution in [0.2, 0.25) is 0 Å². The van der Waals surface area contributed by atoms with Crippen molar-refractivity contribution in [3.8, 4) is 0 Å². The molecule has 0 aliphatic carbocycles. The highest BCUT2D eigenvalue weighted by Gasteiger charge is 2.13. The largest absolute Gasteiger partial charge is 0.245 e. The van der Waals surface area contributed by atoms with E-state index in [1.165, 1.54) is 11.1 Å². The molecule has 0 radical (unpaired) electrons. The monoisotopic (exact) mass is 286 g/mol. The third kappa shape index (κ3) is 7.03. The van der Waals surface area contributed by atoms with Crippen LogP contribution in [0.15, 0.2) is 49.1 Å². The molecule has 116 valence electrons. The molecule has 0 N–H and O–H groups in total. The van der Waals surface area contributed by atoms with Crippen LogP contribution in [0.25, 0.3) is 0 Å². The van der Waals surface area contributed by atoms with Gasteiger partial charge >= 0.3 is 0 Å². The molecule has 0 saturated carbocycles. The molecule has 0 aliphatic rings. The highest BCUT2D eigenvalue weighted by Crippen LogP contribution is 2.20. The van der Waals surface area contributed by atoms with Crippen LogP contribution in [0.3, 0.4) is 0 Å². The normalized spacial score (nSPS) is 11.0. The summed E-state index contributed by atoms with van der Waals surface area (Å²) in [7, 11) is 0. The molecule has 2 nitrogen and oxygen atoms in total. The molecule has 0 fully saturated rings. The van der Waals surface area contributed by atoms with E-state index < -0.39 is 0 Å². The Morgan fingerprint density at radius 1 is 0.667 bits per heavy atom. The van der Waals surface area contributed by atoms with Crippen LogP contribution in [0, 0.1) is 0 Å². The Morgan fingerprint density at radius 2 is 1.10 bits per heavy atom. The van der Waals surface area contributed by atoms with Crippen molar-refractivity contribution in [2.75, 3.05) is 0 Å². The molecule has 2 heteroatoms. The van der Waals surface area contributed by atoms with E-state index in [2.05, 4.69) is 81.8 Å². The Balaban J connectivity index is 0.000000364. The van der Waals surface area contributed by atoms with Crippen LogP contribution < -0.4 is 0 Å². The fourth-order valence-corrected chi connectivity index (χ4v) is 1.62. The van der Waals surface area contributed by atoms with E-state index in [0.29, 0.717) is 5.41 Å². The minimum Gasteiger partial charge on any atom is -0.245 e. The zero-order chi connectivity index (χ0) is 15.2. The van der Waals surface area contributed by atoms with Crippen molar-refractivity contribution in [1.29, 1.82) is 0 Å². The first kappa shape index (κ1) is 19.3. The third-order valence-electron chi connectivity index (χ3n) is 3.07. The summed E-state index contributed by atoms with van der Waals surface area (Å²) in [6, 6.07) is 10.6. The van der Waals surface area contributed by atoms with E-state index in [1.54, 1.807) is 6.33 Å². The van der Waals surface area contributed by atoms with Crippen molar-refractivity contribution >= 4 is 0 Å². The quantitative estimate of drug-likeness (QED) is 0.648. The van der Waals surface area contributed by atoms with Gasteiger partial charge in [-0.05, 0) is 22.0 Å². The van der Waals surface area contributed by atoms with Gasteiger partial charge < -0.3 is 0 Å². The second-order valence-corrected chi connectivity index (χ2v) is 6.99. The van der Waals surface area contributed by atoms with Crippen LogP contribution in [-0.4, -0.2) is 9.97 Å². The Hall–Kier alpha value is -1.70. The number of hydrogen-bond acceptors (Lipinski definition) is 2. The molecular weight excluding hydrogens is 256 g/mol. The molecule has 0 aliphatic heterocycles. The van der Waals surface area contributed by atoms with Crippen LogP contribution in [0.5, 0.6) is 0 Å². The van der Waals surface area contributed by atoms with Gasteiger partial charge in [-0.2, -0.15) is 0 Å². The van der Waals surface area contributed by atoms with Crippen molar-refractivity contribution in [2.24, 2.45) is 0 Å². The second-order valence-electron chi connectivity index (χ2n) is 6.99. The van der Waals surface area contributed by atoms with E-state index in [0.717, 1.165) is 0 Å². The van der Waals surface area contributed by atoms with Gasteiger partial charge in [-0.15, -0.1) is 0 Å². The standard InChI is InChI=1S/C10H14.C8H12N2.CH4/c1-10(2,3)9-7-5-4-6-8-9;1-8(2,3)7-4-9-6-10-5-7;/h4-8H,1-3H3;4-6H,1-3H3;1H4. The first-order chi connectivity index (χ1) is 9.21. The zero-order valence-corrected chi connectivity index (χ0v) is 13.5. The number of aromatic nitrogens is 2. The highest BCUT2D eigenvalue weighted by atomic mass is 14.8. The van der Waals surface area contributed by atoms with Gasteiger partial charge in [-0.25, -0.2) is 9.97 Å². The lowest BCUT2D eigenvalue weighted by atomic mass is 9.87. The van der Waals surface area contributed by atoms with Crippen molar-refractivity contribution in [2.45, 2.75) is 59.8 Å². The van der Waals surface area contributed by atoms with Crippen LogP contribution in [-0.2, 0) is 10.8 Å². The van der Waals surface area contributed by atoms with Crippen LogP contribution >= 0.6 is 0 Å². The summed E-state index contributed by atoms with van der Waals surface area (Å²) in [5.74, 6) is 0. The lowest BCUT2D eigenvalue weighted by Gasteiger charge is -2.18.